The average molecular weight is 468 g/mol. The number of nitrogens with zero attached hydrogens (tertiary/aromatic N) is 5. The van der Waals surface area contributed by atoms with E-state index < -0.39 is 0 Å². The summed E-state index contributed by atoms with van der Waals surface area (Å²) in [5, 5.41) is 6.25. The molecule has 2 aromatic heterocycles. The lowest BCUT2D eigenvalue weighted by molar-refractivity contribution is -0.110. The molecule has 0 aliphatic carbocycles. The summed E-state index contributed by atoms with van der Waals surface area (Å²) in [6, 6.07) is 12.2. The number of fused-ring (bicyclic) bond motifs is 1. The van der Waals surface area contributed by atoms with Crippen LogP contribution in [0, 0.1) is 0 Å². The number of piperidine rings is 1. The lowest BCUT2D eigenvalue weighted by atomic mass is 9.98. The van der Waals surface area contributed by atoms with Crippen LogP contribution in [-0.4, -0.2) is 54.4 Å². The summed E-state index contributed by atoms with van der Waals surface area (Å²) in [4.78, 5) is 31.3. The van der Waals surface area contributed by atoms with Crippen molar-refractivity contribution in [2.24, 2.45) is 4.99 Å². The van der Waals surface area contributed by atoms with Gasteiger partial charge in [-0.3, -0.25) is 14.8 Å². The molecule has 0 unspecified atom stereocenters. The van der Waals surface area contributed by atoms with Crippen LogP contribution >= 0.6 is 0 Å². The van der Waals surface area contributed by atoms with E-state index in [0.717, 1.165) is 60.1 Å². The minimum Gasteiger partial charge on any atom is -0.370 e. The van der Waals surface area contributed by atoms with Crippen molar-refractivity contribution in [3.8, 4) is 11.1 Å². The Bertz CT molecular complexity index is 1260. The molecule has 8 heteroatoms. The molecule has 178 valence electrons. The molecule has 1 amide bonds. The molecular formula is C27H29N7O. The van der Waals surface area contributed by atoms with E-state index in [4.69, 9.17) is 0 Å². The van der Waals surface area contributed by atoms with Gasteiger partial charge in [-0.1, -0.05) is 6.07 Å². The summed E-state index contributed by atoms with van der Waals surface area (Å²) < 4.78 is 0. The third kappa shape index (κ3) is 4.43. The van der Waals surface area contributed by atoms with Gasteiger partial charge in [0, 0.05) is 49.2 Å². The summed E-state index contributed by atoms with van der Waals surface area (Å²) in [5.74, 6) is 0.715. The van der Waals surface area contributed by atoms with Crippen molar-refractivity contribution in [2.45, 2.75) is 25.7 Å². The maximum Gasteiger partial charge on any atom is 0.274 e. The first-order chi connectivity index (χ1) is 17.2. The molecule has 8 nitrogen and oxygen atoms in total. The Morgan fingerprint density at radius 2 is 1.71 bits per heavy atom. The van der Waals surface area contributed by atoms with Crippen LogP contribution in [0.25, 0.3) is 11.1 Å². The Kier molecular flexibility index (Phi) is 5.78. The first-order valence-corrected chi connectivity index (χ1v) is 12.4. The zero-order valence-electron chi connectivity index (χ0n) is 19.7. The van der Waals surface area contributed by atoms with Gasteiger partial charge in [-0.25, -0.2) is 4.98 Å². The summed E-state index contributed by atoms with van der Waals surface area (Å²) in [6.07, 6.45) is 10.5. The summed E-state index contributed by atoms with van der Waals surface area (Å²) in [6.45, 7) is 4.59. The highest BCUT2D eigenvalue weighted by Crippen LogP contribution is 2.30. The van der Waals surface area contributed by atoms with Gasteiger partial charge in [0.15, 0.2) is 0 Å². The van der Waals surface area contributed by atoms with Gasteiger partial charge in [-0.2, -0.15) is 0 Å². The molecular weight excluding hydrogens is 438 g/mol. The maximum atomic E-state index is 13.2. The molecule has 0 spiro atoms. The van der Waals surface area contributed by atoms with Gasteiger partial charge in [0.25, 0.3) is 5.91 Å². The number of anilines is 4. The van der Waals surface area contributed by atoms with Gasteiger partial charge >= 0.3 is 0 Å². The van der Waals surface area contributed by atoms with Crippen LogP contribution in [0.2, 0.25) is 0 Å². The predicted molar refractivity (Wildman–Crippen MR) is 140 cm³/mol. The van der Waals surface area contributed by atoms with Crippen molar-refractivity contribution in [3.05, 3.63) is 60.6 Å². The molecule has 0 atom stereocenters. The Hall–Kier alpha value is -3.94. The lowest BCUT2D eigenvalue weighted by Crippen LogP contribution is -2.37. The first kappa shape index (κ1) is 21.6. The smallest absolute Gasteiger partial charge is 0.274 e. The van der Waals surface area contributed by atoms with Crippen molar-refractivity contribution in [1.29, 1.82) is 0 Å². The molecule has 35 heavy (non-hydrogen) atoms. The molecule has 5 heterocycles. The van der Waals surface area contributed by atoms with E-state index in [9.17, 15) is 4.79 Å². The van der Waals surface area contributed by atoms with Crippen molar-refractivity contribution in [3.63, 3.8) is 0 Å². The third-order valence-electron chi connectivity index (χ3n) is 6.96. The first-order valence-electron chi connectivity index (χ1n) is 12.4. The Morgan fingerprint density at radius 1 is 0.857 bits per heavy atom. The van der Waals surface area contributed by atoms with Gasteiger partial charge in [0.1, 0.15) is 18.2 Å². The highest BCUT2D eigenvalue weighted by atomic mass is 16.1. The molecule has 0 saturated carbocycles. The standard InChI is InChI=1S/C27H29N7O/c35-27(32-21-6-8-25(29-16-21)34-11-4-12-34)26-23-14-19(5-7-24(23)30-18-31-26)20-13-22(17-28-15-20)33-9-2-1-3-10-33/h5-8,13-17,30H,1-4,9-12,18H2,(H,32,35). The van der Waals surface area contributed by atoms with Crippen LogP contribution in [0.5, 0.6) is 0 Å². The maximum absolute atomic E-state index is 13.2. The average Bonchev–Trinajstić information content (AvgIpc) is 2.89. The van der Waals surface area contributed by atoms with E-state index in [2.05, 4.69) is 47.5 Å². The molecule has 0 bridgehead atoms. The third-order valence-corrected chi connectivity index (χ3v) is 6.96. The van der Waals surface area contributed by atoms with Crippen LogP contribution in [0.1, 0.15) is 31.2 Å². The minimum atomic E-state index is -0.233. The van der Waals surface area contributed by atoms with E-state index in [-0.39, 0.29) is 5.91 Å². The Balaban J connectivity index is 1.23. The van der Waals surface area contributed by atoms with Gasteiger partial charge < -0.3 is 20.4 Å². The highest BCUT2D eigenvalue weighted by Gasteiger charge is 2.22. The quantitative estimate of drug-likeness (QED) is 0.586. The molecule has 3 aromatic rings. The number of aromatic nitrogens is 2. The molecule has 1 aromatic carbocycles. The molecule has 6 rings (SSSR count). The minimum absolute atomic E-state index is 0.233. The van der Waals surface area contributed by atoms with Crippen LogP contribution in [0.3, 0.4) is 0 Å². The van der Waals surface area contributed by atoms with Crippen LogP contribution in [-0.2, 0) is 4.79 Å². The van der Waals surface area contributed by atoms with E-state index in [1.807, 2.05) is 36.7 Å². The second-order valence-corrected chi connectivity index (χ2v) is 9.28. The number of hydrogen-bond acceptors (Lipinski definition) is 7. The second kappa shape index (κ2) is 9.37. The molecule has 2 N–H and O–H groups in total. The van der Waals surface area contributed by atoms with Gasteiger partial charge in [-0.15, -0.1) is 0 Å². The topological polar surface area (TPSA) is 85.8 Å². The van der Waals surface area contributed by atoms with Crippen LogP contribution < -0.4 is 20.4 Å². The zero-order chi connectivity index (χ0) is 23.6. The summed E-state index contributed by atoms with van der Waals surface area (Å²) in [5.41, 5.74) is 5.98. The molecule has 3 aliphatic rings. The largest absolute Gasteiger partial charge is 0.370 e. The van der Waals surface area contributed by atoms with Crippen LogP contribution in [0.4, 0.5) is 22.9 Å². The number of carbonyl (C=O) groups is 1. The lowest BCUT2D eigenvalue weighted by Gasteiger charge is -2.31. The number of nitrogens with one attached hydrogen (secondary N) is 2. The number of benzene rings is 1. The Labute approximate surface area is 205 Å². The van der Waals surface area contributed by atoms with Crippen LogP contribution in [0.15, 0.2) is 60.0 Å². The molecule has 2 fully saturated rings. The number of carbonyl (C=O) groups excluding carboxylic acids is 1. The number of pyridine rings is 2. The highest BCUT2D eigenvalue weighted by molar-refractivity contribution is 6.50. The number of aliphatic imine (C=N–C) groups is 1. The fourth-order valence-electron chi connectivity index (χ4n) is 4.85. The van der Waals surface area contributed by atoms with Gasteiger partial charge in [0.05, 0.1) is 23.8 Å². The summed E-state index contributed by atoms with van der Waals surface area (Å²) in [7, 11) is 0. The monoisotopic (exact) mass is 467 g/mol. The molecule has 0 radical (unpaired) electrons. The number of hydrogen-bond donors (Lipinski definition) is 2. The fraction of sp³-hybridized carbons (Fsp3) is 0.333. The number of rotatable bonds is 5. The second-order valence-electron chi connectivity index (χ2n) is 9.28. The van der Waals surface area contributed by atoms with E-state index in [0.29, 0.717) is 18.1 Å². The molecule has 3 aliphatic heterocycles. The zero-order valence-corrected chi connectivity index (χ0v) is 19.7. The summed E-state index contributed by atoms with van der Waals surface area (Å²) >= 11 is 0. The van der Waals surface area contributed by atoms with E-state index in [1.54, 1.807) is 6.20 Å². The number of amides is 1. The predicted octanol–water partition coefficient (Wildman–Crippen LogP) is 4.15. The molecule has 2 saturated heterocycles. The van der Waals surface area contributed by atoms with Crippen molar-refractivity contribution >= 4 is 34.5 Å². The van der Waals surface area contributed by atoms with Crippen molar-refractivity contribution < 1.29 is 4.79 Å². The normalized spacial score (nSPS) is 17.1. The van der Waals surface area contributed by atoms with E-state index in [1.165, 1.54) is 25.7 Å². The van der Waals surface area contributed by atoms with Gasteiger partial charge in [-0.05, 0) is 61.6 Å². The van der Waals surface area contributed by atoms with Crippen molar-refractivity contribution in [1.82, 2.24) is 9.97 Å². The van der Waals surface area contributed by atoms with Gasteiger partial charge in [0.2, 0.25) is 0 Å². The van der Waals surface area contributed by atoms with Crippen molar-refractivity contribution in [2.75, 3.05) is 53.3 Å². The van der Waals surface area contributed by atoms with E-state index >= 15 is 0 Å². The fourth-order valence-corrected chi connectivity index (χ4v) is 4.85. The Morgan fingerprint density at radius 3 is 2.49 bits per heavy atom. The SMILES string of the molecule is O=C(Nc1ccc(N2CCC2)nc1)C1=NCNc2ccc(-c3cncc(N4CCCCC4)c3)cc21.